The van der Waals surface area contributed by atoms with Gasteiger partial charge in [0.25, 0.3) is 5.91 Å². The standard InChI is InChI=1S/C36H39N3O9S2/c1-5-47-24-13-17(6-11-23(24)48-15-25(40)37-18-7-9-19(46-4)10-8-18)26-27-20-14-21(30(27)49-32-31(26)50-36(45)38-32)29-28(20)33(41)39(34(29)42)22(35(43)44)12-16(2)3/h6-11,13,16,20-22,26-30H,5,12,14-15H2,1-4H3,(H,37,40)(H,38,45)(H,43,44)/t20?,21?,22?,26-,27?,28?,29?,30?/m1/s1. The fraction of sp³-hybridized carbons (Fsp3) is 0.472. The number of nitrogens with one attached hydrogen (secondary N) is 2. The lowest BCUT2D eigenvalue weighted by atomic mass is 9.68. The van der Waals surface area contributed by atoms with E-state index in [-0.39, 0.29) is 70.5 Å². The number of nitrogens with zero attached hydrogens (tertiary/aromatic N) is 1. The first kappa shape index (κ1) is 34.2. The molecule has 3 amide bonds. The summed E-state index contributed by atoms with van der Waals surface area (Å²) in [6, 6.07) is 11.3. The van der Waals surface area contributed by atoms with Gasteiger partial charge in [0.2, 0.25) is 11.8 Å². The highest BCUT2D eigenvalue weighted by atomic mass is 32.2. The topological polar surface area (TPSA) is 164 Å². The molecule has 2 aliphatic carbocycles. The molecule has 1 aromatic heterocycles. The number of rotatable bonds is 12. The molecule has 4 aliphatic rings. The number of carboxylic acid groups (broad SMARTS) is 1. The highest BCUT2D eigenvalue weighted by molar-refractivity contribution is 8.00. The largest absolute Gasteiger partial charge is 0.497 e. The van der Waals surface area contributed by atoms with Gasteiger partial charge in [-0.2, -0.15) is 0 Å². The number of amides is 3. The summed E-state index contributed by atoms with van der Waals surface area (Å²) in [4.78, 5) is 70.5. The van der Waals surface area contributed by atoms with Crippen molar-refractivity contribution in [3.05, 3.63) is 62.6 Å². The summed E-state index contributed by atoms with van der Waals surface area (Å²) >= 11 is 2.72. The quantitative estimate of drug-likeness (QED) is 0.221. The molecule has 2 aromatic carbocycles. The number of H-pyrrole nitrogens is 1. The Morgan fingerprint density at radius 1 is 1.02 bits per heavy atom. The van der Waals surface area contributed by atoms with Crippen molar-refractivity contribution in [3.63, 3.8) is 0 Å². The fourth-order valence-corrected chi connectivity index (χ4v) is 11.5. The summed E-state index contributed by atoms with van der Waals surface area (Å²) < 4.78 is 17.1. The van der Waals surface area contributed by atoms with Crippen LogP contribution in [0.4, 0.5) is 5.69 Å². The van der Waals surface area contributed by atoms with Crippen molar-refractivity contribution < 1.29 is 38.5 Å². The van der Waals surface area contributed by atoms with E-state index in [1.165, 1.54) is 0 Å². The lowest BCUT2D eigenvalue weighted by molar-refractivity contribution is -0.156. The van der Waals surface area contributed by atoms with Crippen molar-refractivity contribution in [2.45, 2.75) is 55.8 Å². The van der Waals surface area contributed by atoms with Gasteiger partial charge in [-0.05, 0) is 85.4 Å². The van der Waals surface area contributed by atoms with E-state index in [0.29, 0.717) is 36.0 Å². The van der Waals surface area contributed by atoms with Crippen LogP contribution in [-0.2, 0) is 19.2 Å². The minimum atomic E-state index is -1.19. The van der Waals surface area contributed by atoms with Crippen LogP contribution >= 0.6 is 23.1 Å². The van der Waals surface area contributed by atoms with E-state index in [1.807, 2.05) is 32.9 Å². The molecular weight excluding hydrogens is 683 g/mol. The Bertz CT molecular complexity index is 1890. The predicted molar refractivity (Wildman–Crippen MR) is 186 cm³/mol. The number of thiazole rings is 1. The van der Waals surface area contributed by atoms with Crippen LogP contribution in [0.2, 0.25) is 0 Å². The van der Waals surface area contributed by atoms with E-state index in [4.69, 9.17) is 14.2 Å². The van der Waals surface area contributed by atoms with Crippen LogP contribution in [0.5, 0.6) is 17.2 Å². The Hall–Kier alpha value is -4.30. The number of methoxy groups -OCH3 is 1. The van der Waals surface area contributed by atoms with E-state index < -0.39 is 23.8 Å². The van der Waals surface area contributed by atoms with E-state index in [1.54, 1.807) is 49.2 Å². The average molecular weight is 722 g/mol. The van der Waals surface area contributed by atoms with Crippen molar-refractivity contribution in [3.8, 4) is 17.2 Å². The van der Waals surface area contributed by atoms with Crippen LogP contribution in [0.3, 0.4) is 0 Å². The van der Waals surface area contributed by atoms with Gasteiger partial charge >= 0.3 is 10.8 Å². The first-order chi connectivity index (χ1) is 24.0. The molecule has 8 atom stereocenters. The van der Waals surface area contributed by atoms with Gasteiger partial charge in [-0.15, -0.1) is 11.8 Å². The Morgan fingerprint density at radius 2 is 1.74 bits per heavy atom. The number of imide groups is 1. The first-order valence-electron chi connectivity index (χ1n) is 16.8. The maximum atomic E-state index is 14.0. The second kappa shape index (κ2) is 13.4. The van der Waals surface area contributed by atoms with Crippen molar-refractivity contribution in [1.82, 2.24) is 9.88 Å². The van der Waals surface area contributed by atoms with Crippen LogP contribution in [-0.4, -0.2) is 70.3 Å². The third kappa shape index (κ3) is 5.85. The molecular formula is C36H39N3O9S2. The minimum absolute atomic E-state index is 0.0152. The summed E-state index contributed by atoms with van der Waals surface area (Å²) in [6.07, 6.45) is 0.880. The van der Waals surface area contributed by atoms with Crippen molar-refractivity contribution in [1.29, 1.82) is 0 Å². The van der Waals surface area contributed by atoms with Gasteiger partial charge in [0.05, 0.1) is 30.6 Å². The second-order valence-corrected chi connectivity index (χ2v) is 15.9. The van der Waals surface area contributed by atoms with E-state index >= 15 is 0 Å². The number of aliphatic carboxylic acids is 1. The third-order valence-corrected chi connectivity index (χ3v) is 13.0. The number of benzene rings is 2. The lowest BCUT2D eigenvalue weighted by Crippen LogP contribution is -2.47. The molecule has 3 heterocycles. The summed E-state index contributed by atoms with van der Waals surface area (Å²) in [5, 5.41) is 13.6. The van der Waals surface area contributed by atoms with E-state index in [0.717, 1.165) is 31.7 Å². The van der Waals surface area contributed by atoms with Crippen LogP contribution in [0.1, 0.15) is 50.0 Å². The van der Waals surface area contributed by atoms with Crippen molar-refractivity contribution >= 4 is 52.5 Å². The predicted octanol–water partition coefficient (Wildman–Crippen LogP) is 4.83. The number of hydrogen-bond acceptors (Lipinski definition) is 10. The number of thioether (sulfide) groups is 1. The highest BCUT2D eigenvalue weighted by Gasteiger charge is 2.70. The average Bonchev–Trinajstić information content (AvgIpc) is 3.82. The minimum Gasteiger partial charge on any atom is -0.497 e. The molecule has 3 N–H and O–H groups in total. The number of aromatic amines is 1. The Kier molecular flexibility index (Phi) is 9.18. The number of anilines is 1. The first-order valence-corrected chi connectivity index (χ1v) is 18.5. The molecule has 3 fully saturated rings. The molecule has 2 bridgehead atoms. The molecule has 2 aliphatic heterocycles. The molecule has 7 unspecified atom stereocenters. The smallest absolute Gasteiger partial charge is 0.326 e. The van der Waals surface area contributed by atoms with Gasteiger partial charge in [-0.25, -0.2) is 4.79 Å². The zero-order valence-electron chi connectivity index (χ0n) is 28.0. The SMILES string of the molecule is CCOc1cc([C@H]2c3sc(=O)[nH]c3SC3C4CC(C5C(=O)N(C(CC(C)C)C(=O)O)C(=O)C45)C32)ccc1OCC(=O)Nc1ccc(OC)cc1. The number of carbonyl (C=O) groups is 4. The van der Waals surface area contributed by atoms with Crippen molar-refractivity contribution in [2.24, 2.45) is 35.5 Å². The monoisotopic (exact) mass is 721 g/mol. The molecule has 264 valence electrons. The highest BCUT2D eigenvalue weighted by Crippen LogP contribution is 2.68. The zero-order valence-corrected chi connectivity index (χ0v) is 29.7. The zero-order chi connectivity index (χ0) is 35.4. The number of likely N-dealkylation sites (tertiary alicyclic amines) is 1. The van der Waals surface area contributed by atoms with Crippen molar-refractivity contribution in [2.75, 3.05) is 25.6 Å². The number of ether oxygens (including phenoxy) is 3. The molecule has 14 heteroatoms. The molecule has 1 saturated heterocycles. The van der Waals surface area contributed by atoms with Gasteiger partial charge in [0.15, 0.2) is 18.1 Å². The number of fused-ring (bicyclic) bond motifs is 9. The molecule has 3 aromatic rings. The second-order valence-electron chi connectivity index (χ2n) is 13.7. The molecule has 7 rings (SSSR count). The fourth-order valence-electron chi connectivity index (χ4n) is 8.60. The van der Waals surface area contributed by atoms with E-state index in [9.17, 15) is 29.1 Å². The summed E-state index contributed by atoms with van der Waals surface area (Å²) in [6.45, 7) is 5.70. The number of carbonyl (C=O) groups excluding carboxylic acids is 3. The Morgan fingerprint density at radius 3 is 2.40 bits per heavy atom. The van der Waals surface area contributed by atoms with Gasteiger partial charge in [0.1, 0.15) is 11.8 Å². The van der Waals surface area contributed by atoms with E-state index in [2.05, 4.69) is 10.3 Å². The number of hydrogen-bond donors (Lipinski definition) is 3. The number of carboxylic acids is 1. The molecule has 0 spiro atoms. The van der Waals surface area contributed by atoms with Crippen LogP contribution in [0.15, 0.2) is 52.3 Å². The van der Waals surface area contributed by atoms with Gasteiger partial charge in [-0.1, -0.05) is 31.3 Å². The van der Waals surface area contributed by atoms with Gasteiger partial charge < -0.3 is 29.6 Å². The summed E-state index contributed by atoms with van der Waals surface area (Å²) in [7, 11) is 1.57. The molecule has 50 heavy (non-hydrogen) atoms. The van der Waals surface area contributed by atoms with Crippen LogP contribution in [0, 0.1) is 35.5 Å². The summed E-state index contributed by atoms with van der Waals surface area (Å²) in [5.74, 6) is -2.61. The normalized spacial score (nSPS) is 26.7. The maximum absolute atomic E-state index is 14.0. The third-order valence-electron chi connectivity index (χ3n) is 10.4. The maximum Gasteiger partial charge on any atom is 0.326 e. The molecule has 2 saturated carbocycles. The van der Waals surface area contributed by atoms with Gasteiger partial charge in [0, 0.05) is 21.7 Å². The van der Waals surface area contributed by atoms with Crippen LogP contribution < -0.4 is 24.4 Å². The molecule has 0 radical (unpaired) electrons. The lowest BCUT2D eigenvalue weighted by Gasteiger charge is -2.43. The molecule has 12 nitrogen and oxygen atoms in total. The Balaban J connectivity index is 1.17. The Labute approximate surface area is 296 Å². The number of aromatic nitrogens is 1. The van der Waals surface area contributed by atoms with Crippen LogP contribution in [0.25, 0.3) is 0 Å². The van der Waals surface area contributed by atoms with Gasteiger partial charge in [-0.3, -0.25) is 24.1 Å². The summed E-state index contributed by atoms with van der Waals surface area (Å²) in [5.41, 5.74) is 1.47.